The summed E-state index contributed by atoms with van der Waals surface area (Å²) in [4.78, 5) is 14.5. The SMILES string of the molecule is CC[C@@H]1C[C@H](C(F)(F)F)n2nc([C@H]3CCCN3C(=O)[C@@H]3CCS(=O)(=O)C3)cc2N1. The van der Waals surface area contributed by atoms with Gasteiger partial charge in [-0.2, -0.15) is 18.3 Å². The average molecular weight is 434 g/mol. The molecule has 3 aliphatic heterocycles. The average Bonchev–Trinajstić information content (AvgIpc) is 3.35. The molecule has 1 aromatic rings. The first kappa shape index (κ1) is 20.5. The van der Waals surface area contributed by atoms with E-state index in [9.17, 15) is 26.4 Å². The number of carbonyl (C=O) groups is 1. The van der Waals surface area contributed by atoms with Crippen LogP contribution in [0.5, 0.6) is 0 Å². The number of alkyl halides is 3. The number of rotatable bonds is 3. The highest BCUT2D eigenvalue weighted by molar-refractivity contribution is 7.91. The van der Waals surface area contributed by atoms with E-state index in [0.717, 1.165) is 4.68 Å². The number of aromatic nitrogens is 2. The molecule has 1 amide bonds. The van der Waals surface area contributed by atoms with Gasteiger partial charge in [-0.1, -0.05) is 6.92 Å². The smallest absolute Gasteiger partial charge is 0.367 e. The van der Waals surface area contributed by atoms with Crippen LogP contribution in [0.2, 0.25) is 0 Å². The van der Waals surface area contributed by atoms with Gasteiger partial charge in [-0.3, -0.25) is 4.79 Å². The van der Waals surface area contributed by atoms with E-state index in [4.69, 9.17) is 0 Å². The number of nitrogens with one attached hydrogen (secondary N) is 1. The summed E-state index contributed by atoms with van der Waals surface area (Å²) in [7, 11) is -3.19. The van der Waals surface area contributed by atoms with Crippen molar-refractivity contribution in [1.82, 2.24) is 14.7 Å². The molecule has 1 N–H and O–H groups in total. The van der Waals surface area contributed by atoms with Gasteiger partial charge in [0.1, 0.15) is 5.82 Å². The second kappa shape index (κ2) is 7.17. The van der Waals surface area contributed by atoms with E-state index in [1.807, 2.05) is 6.92 Å². The van der Waals surface area contributed by atoms with Crippen LogP contribution in [-0.4, -0.2) is 59.3 Å². The number of sulfone groups is 1. The van der Waals surface area contributed by atoms with E-state index < -0.39 is 34.0 Å². The summed E-state index contributed by atoms with van der Waals surface area (Å²) >= 11 is 0. The fourth-order valence-corrected chi connectivity index (χ4v) is 6.39. The maximum absolute atomic E-state index is 13.6. The molecule has 3 aliphatic rings. The molecule has 11 heteroatoms. The van der Waals surface area contributed by atoms with Crippen molar-refractivity contribution in [2.45, 2.75) is 63.3 Å². The standard InChI is InChI=1S/C18H25F3N4O3S/c1-2-12-8-15(18(19,20)21)25-16(22-12)9-13(23-25)14-4-3-6-24(14)17(26)11-5-7-29(27,28)10-11/h9,11-12,14-15,22H,2-8,10H2,1H3/t11-,12-,14-,15-/m1/s1. The predicted molar refractivity (Wildman–Crippen MR) is 100 cm³/mol. The molecule has 162 valence electrons. The van der Waals surface area contributed by atoms with Crippen LogP contribution in [0, 0.1) is 5.92 Å². The van der Waals surface area contributed by atoms with Gasteiger partial charge in [-0.15, -0.1) is 0 Å². The van der Waals surface area contributed by atoms with Crippen LogP contribution in [0.1, 0.15) is 56.8 Å². The summed E-state index contributed by atoms with van der Waals surface area (Å²) in [6.45, 7) is 2.31. The van der Waals surface area contributed by atoms with Crippen molar-refractivity contribution in [3.8, 4) is 0 Å². The Hall–Kier alpha value is -1.78. The normalized spacial score (nSPS) is 31.5. The van der Waals surface area contributed by atoms with Crippen LogP contribution >= 0.6 is 0 Å². The van der Waals surface area contributed by atoms with Crippen molar-refractivity contribution in [3.63, 3.8) is 0 Å². The maximum atomic E-state index is 13.6. The van der Waals surface area contributed by atoms with Gasteiger partial charge in [0.15, 0.2) is 15.9 Å². The molecule has 4 atom stereocenters. The number of halogens is 3. The van der Waals surface area contributed by atoms with E-state index in [1.54, 1.807) is 11.0 Å². The summed E-state index contributed by atoms with van der Waals surface area (Å²) in [6, 6.07) is -0.784. The molecule has 0 saturated carbocycles. The highest BCUT2D eigenvalue weighted by Crippen LogP contribution is 2.42. The largest absolute Gasteiger partial charge is 0.410 e. The van der Waals surface area contributed by atoms with Crippen LogP contribution in [0.15, 0.2) is 6.07 Å². The molecule has 7 nitrogen and oxygen atoms in total. The molecule has 0 bridgehead atoms. The Labute approximate surface area is 167 Å². The number of amides is 1. The molecule has 2 saturated heterocycles. The van der Waals surface area contributed by atoms with Gasteiger partial charge in [0.25, 0.3) is 0 Å². The highest BCUT2D eigenvalue weighted by Gasteiger charge is 2.47. The fourth-order valence-electron chi connectivity index (χ4n) is 4.66. The zero-order valence-corrected chi connectivity index (χ0v) is 17.0. The first-order valence-corrected chi connectivity index (χ1v) is 11.8. The van der Waals surface area contributed by atoms with Crippen molar-refractivity contribution < 1.29 is 26.4 Å². The molecular weight excluding hydrogens is 409 g/mol. The Bertz CT molecular complexity index is 899. The summed E-state index contributed by atoms with van der Waals surface area (Å²) in [5.41, 5.74) is 0.435. The third-order valence-corrected chi connectivity index (χ3v) is 8.01. The zero-order chi connectivity index (χ0) is 21.0. The minimum Gasteiger partial charge on any atom is -0.367 e. The molecule has 0 aromatic carbocycles. The van der Waals surface area contributed by atoms with E-state index in [0.29, 0.717) is 43.7 Å². The Morgan fingerprint density at radius 3 is 2.72 bits per heavy atom. The van der Waals surface area contributed by atoms with Gasteiger partial charge in [0, 0.05) is 18.7 Å². The third kappa shape index (κ3) is 3.85. The number of likely N-dealkylation sites (tertiary alicyclic amines) is 1. The Balaban J connectivity index is 1.60. The molecule has 4 heterocycles. The van der Waals surface area contributed by atoms with E-state index in [2.05, 4.69) is 10.4 Å². The van der Waals surface area contributed by atoms with Crippen LogP contribution in [0.4, 0.5) is 19.0 Å². The van der Waals surface area contributed by atoms with Crippen LogP contribution in [-0.2, 0) is 14.6 Å². The molecule has 0 radical (unpaired) electrons. The lowest BCUT2D eigenvalue weighted by molar-refractivity contribution is -0.173. The second-order valence-corrected chi connectivity index (χ2v) is 10.5. The monoisotopic (exact) mass is 434 g/mol. The molecular formula is C18H25F3N4O3S. The van der Waals surface area contributed by atoms with Crippen molar-refractivity contribution in [2.75, 3.05) is 23.4 Å². The quantitative estimate of drug-likeness (QED) is 0.791. The van der Waals surface area contributed by atoms with Crippen molar-refractivity contribution in [3.05, 3.63) is 11.8 Å². The Morgan fingerprint density at radius 2 is 2.10 bits per heavy atom. The number of hydrogen-bond acceptors (Lipinski definition) is 5. The second-order valence-electron chi connectivity index (χ2n) is 8.23. The lowest BCUT2D eigenvalue weighted by Gasteiger charge is -2.32. The van der Waals surface area contributed by atoms with Crippen molar-refractivity contribution >= 4 is 21.6 Å². The summed E-state index contributed by atoms with van der Waals surface area (Å²) < 4.78 is 65.2. The Morgan fingerprint density at radius 1 is 1.34 bits per heavy atom. The fraction of sp³-hybridized carbons (Fsp3) is 0.778. The van der Waals surface area contributed by atoms with Gasteiger partial charge < -0.3 is 10.2 Å². The molecule has 0 spiro atoms. The number of nitrogens with zero attached hydrogens (tertiary/aromatic N) is 3. The van der Waals surface area contributed by atoms with E-state index in [1.165, 1.54) is 0 Å². The first-order chi connectivity index (χ1) is 13.6. The predicted octanol–water partition coefficient (Wildman–Crippen LogP) is 2.68. The van der Waals surface area contributed by atoms with Crippen molar-refractivity contribution in [2.24, 2.45) is 5.92 Å². The molecule has 0 unspecified atom stereocenters. The molecule has 1 aromatic heterocycles. The molecule has 29 heavy (non-hydrogen) atoms. The minimum absolute atomic E-state index is 0.0102. The van der Waals surface area contributed by atoms with Gasteiger partial charge in [0.05, 0.1) is 29.2 Å². The van der Waals surface area contributed by atoms with Crippen LogP contribution in [0.25, 0.3) is 0 Å². The molecule has 2 fully saturated rings. The number of anilines is 1. The maximum Gasteiger partial charge on any atom is 0.410 e. The van der Waals surface area contributed by atoms with Crippen LogP contribution in [0.3, 0.4) is 0 Å². The third-order valence-electron chi connectivity index (χ3n) is 6.24. The topological polar surface area (TPSA) is 84.3 Å². The summed E-state index contributed by atoms with van der Waals surface area (Å²) in [6.07, 6.45) is -2.29. The van der Waals surface area contributed by atoms with Crippen LogP contribution < -0.4 is 5.32 Å². The number of carbonyl (C=O) groups excluding carboxylic acids is 1. The highest BCUT2D eigenvalue weighted by atomic mass is 32.2. The van der Waals surface area contributed by atoms with E-state index in [-0.39, 0.29) is 29.9 Å². The zero-order valence-electron chi connectivity index (χ0n) is 16.2. The molecule has 4 rings (SSSR count). The Kier molecular flexibility index (Phi) is 5.07. The summed E-state index contributed by atoms with van der Waals surface area (Å²) in [5, 5.41) is 7.38. The summed E-state index contributed by atoms with van der Waals surface area (Å²) in [5.74, 6) is -0.612. The first-order valence-electron chi connectivity index (χ1n) is 10.0. The van der Waals surface area contributed by atoms with Crippen molar-refractivity contribution in [1.29, 1.82) is 0 Å². The minimum atomic E-state index is -4.41. The lowest BCUT2D eigenvalue weighted by Crippen LogP contribution is -2.39. The lowest BCUT2D eigenvalue weighted by atomic mass is 10.0. The number of fused-ring (bicyclic) bond motifs is 1. The van der Waals surface area contributed by atoms with Gasteiger partial charge in [-0.25, -0.2) is 13.1 Å². The van der Waals surface area contributed by atoms with Gasteiger partial charge >= 0.3 is 6.18 Å². The van der Waals surface area contributed by atoms with E-state index >= 15 is 0 Å². The van der Waals surface area contributed by atoms with Gasteiger partial charge in [0.2, 0.25) is 5.91 Å². The number of hydrogen-bond donors (Lipinski definition) is 1. The molecule has 0 aliphatic carbocycles. The van der Waals surface area contributed by atoms with Gasteiger partial charge in [-0.05, 0) is 32.1 Å².